The Morgan fingerprint density at radius 2 is 1.68 bits per heavy atom. The van der Waals surface area contributed by atoms with Crippen molar-refractivity contribution < 1.29 is 14.2 Å². The molecule has 0 bridgehead atoms. The Morgan fingerprint density at radius 1 is 1.00 bits per heavy atom. The van der Waals surface area contributed by atoms with Crippen LogP contribution in [0.5, 0.6) is 23.0 Å². The van der Waals surface area contributed by atoms with Crippen LogP contribution in [0.15, 0.2) is 30.6 Å². The molecule has 1 aromatic heterocycles. The van der Waals surface area contributed by atoms with Gasteiger partial charge >= 0.3 is 0 Å². The number of halogens is 1. The molecule has 1 aromatic carbocycles. The zero-order valence-electron chi connectivity index (χ0n) is 10.5. The van der Waals surface area contributed by atoms with Crippen molar-refractivity contribution in [1.29, 1.82) is 0 Å². The molecular formula is C13H13ClN2O3. The lowest BCUT2D eigenvalue weighted by Crippen LogP contribution is -1.97. The smallest absolute Gasteiger partial charge is 0.164 e. The Hall–Kier alpha value is -2.14. The molecule has 0 atom stereocenters. The maximum Gasteiger partial charge on any atom is 0.164 e. The zero-order valence-corrected chi connectivity index (χ0v) is 11.3. The van der Waals surface area contributed by atoms with Crippen LogP contribution in [-0.4, -0.2) is 19.2 Å². The van der Waals surface area contributed by atoms with E-state index in [1.54, 1.807) is 38.6 Å². The molecule has 100 valence electrons. The van der Waals surface area contributed by atoms with Crippen molar-refractivity contribution in [2.75, 3.05) is 20.0 Å². The first kappa shape index (κ1) is 13.3. The van der Waals surface area contributed by atoms with Gasteiger partial charge in [-0.15, -0.1) is 0 Å². The van der Waals surface area contributed by atoms with E-state index in [2.05, 4.69) is 4.98 Å². The monoisotopic (exact) mass is 280 g/mol. The second-order valence-corrected chi connectivity index (χ2v) is 4.12. The van der Waals surface area contributed by atoms with Gasteiger partial charge < -0.3 is 19.9 Å². The fraction of sp³-hybridized carbons (Fsp3) is 0.154. The summed E-state index contributed by atoms with van der Waals surface area (Å²) in [5.74, 6) is 2.01. The highest BCUT2D eigenvalue weighted by atomic mass is 35.5. The second kappa shape index (κ2) is 5.67. The maximum atomic E-state index is 5.89. The molecule has 2 aromatic rings. The van der Waals surface area contributed by atoms with E-state index in [-0.39, 0.29) is 0 Å². The molecule has 0 fully saturated rings. The van der Waals surface area contributed by atoms with Gasteiger partial charge in [0.2, 0.25) is 0 Å². The molecule has 1 heterocycles. The number of anilines is 1. The van der Waals surface area contributed by atoms with E-state index in [4.69, 9.17) is 31.5 Å². The Bertz CT molecular complexity index is 590. The molecule has 5 nitrogen and oxygen atoms in total. The number of rotatable bonds is 4. The first-order valence-corrected chi connectivity index (χ1v) is 5.81. The number of nitrogens with zero attached hydrogens (tertiary/aromatic N) is 1. The maximum absolute atomic E-state index is 5.89. The van der Waals surface area contributed by atoms with Crippen molar-refractivity contribution >= 4 is 17.3 Å². The van der Waals surface area contributed by atoms with Crippen LogP contribution in [0.1, 0.15) is 0 Å². The number of ether oxygens (including phenoxy) is 3. The van der Waals surface area contributed by atoms with Crippen molar-refractivity contribution in [1.82, 2.24) is 4.98 Å². The zero-order chi connectivity index (χ0) is 13.8. The SMILES string of the molecule is COc1cc(N)c(Oc2cncc(Cl)c2)cc1OC. The van der Waals surface area contributed by atoms with Crippen molar-refractivity contribution in [2.24, 2.45) is 0 Å². The highest BCUT2D eigenvalue weighted by Gasteiger charge is 2.11. The molecule has 0 aliphatic rings. The first-order chi connectivity index (χ1) is 9.13. The van der Waals surface area contributed by atoms with Gasteiger partial charge in [-0.2, -0.15) is 0 Å². The van der Waals surface area contributed by atoms with Gasteiger partial charge in [-0.05, 0) is 0 Å². The fourth-order valence-electron chi connectivity index (χ4n) is 1.54. The van der Waals surface area contributed by atoms with E-state index in [0.717, 1.165) is 0 Å². The number of aromatic nitrogens is 1. The number of pyridine rings is 1. The number of hydrogen-bond donors (Lipinski definition) is 1. The molecule has 0 amide bonds. The van der Waals surface area contributed by atoms with E-state index in [1.807, 2.05) is 0 Å². The molecule has 0 saturated carbocycles. The number of nitrogens with two attached hydrogens (primary N) is 1. The number of benzene rings is 1. The summed E-state index contributed by atoms with van der Waals surface area (Å²) in [5.41, 5.74) is 6.32. The summed E-state index contributed by atoms with van der Waals surface area (Å²) in [5, 5.41) is 0.483. The molecule has 6 heteroatoms. The molecule has 0 radical (unpaired) electrons. The van der Waals surface area contributed by atoms with Gasteiger partial charge in [-0.3, -0.25) is 4.98 Å². The third-order valence-corrected chi connectivity index (χ3v) is 2.63. The summed E-state index contributed by atoms with van der Waals surface area (Å²) in [6.45, 7) is 0. The van der Waals surface area contributed by atoms with Gasteiger partial charge in [-0.1, -0.05) is 11.6 Å². The summed E-state index contributed by atoms with van der Waals surface area (Å²) in [6, 6.07) is 4.92. The minimum Gasteiger partial charge on any atom is -0.493 e. The van der Waals surface area contributed by atoms with Crippen LogP contribution in [-0.2, 0) is 0 Å². The van der Waals surface area contributed by atoms with Crippen molar-refractivity contribution in [3.05, 3.63) is 35.6 Å². The van der Waals surface area contributed by atoms with E-state index in [1.165, 1.54) is 6.20 Å². The number of methoxy groups -OCH3 is 2. The van der Waals surface area contributed by atoms with Crippen LogP contribution < -0.4 is 19.9 Å². The van der Waals surface area contributed by atoms with E-state index in [0.29, 0.717) is 33.7 Å². The summed E-state index contributed by atoms with van der Waals surface area (Å²) < 4.78 is 16.0. The lowest BCUT2D eigenvalue weighted by molar-refractivity contribution is 0.352. The van der Waals surface area contributed by atoms with Crippen LogP contribution in [0.25, 0.3) is 0 Å². The lowest BCUT2D eigenvalue weighted by Gasteiger charge is -2.13. The van der Waals surface area contributed by atoms with Gasteiger partial charge in [0.1, 0.15) is 5.75 Å². The molecule has 19 heavy (non-hydrogen) atoms. The minimum absolute atomic E-state index is 0.428. The Labute approximate surface area is 115 Å². The third kappa shape index (κ3) is 3.00. The van der Waals surface area contributed by atoms with E-state index in [9.17, 15) is 0 Å². The minimum atomic E-state index is 0.428. The predicted molar refractivity (Wildman–Crippen MR) is 73.3 cm³/mol. The Morgan fingerprint density at radius 3 is 2.32 bits per heavy atom. The van der Waals surface area contributed by atoms with Gasteiger partial charge in [0.25, 0.3) is 0 Å². The molecule has 0 aliphatic carbocycles. The van der Waals surface area contributed by atoms with Crippen molar-refractivity contribution in [3.8, 4) is 23.0 Å². The largest absolute Gasteiger partial charge is 0.493 e. The number of hydrogen-bond acceptors (Lipinski definition) is 5. The summed E-state index contributed by atoms with van der Waals surface area (Å²) in [6.07, 6.45) is 3.06. The highest BCUT2D eigenvalue weighted by Crippen LogP contribution is 2.38. The molecule has 0 aliphatic heterocycles. The van der Waals surface area contributed by atoms with Crippen LogP contribution >= 0.6 is 11.6 Å². The number of nitrogen functional groups attached to an aromatic ring is 1. The summed E-state index contributed by atoms with van der Waals surface area (Å²) in [7, 11) is 3.08. The van der Waals surface area contributed by atoms with Crippen LogP contribution in [0.4, 0.5) is 5.69 Å². The van der Waals surface area contributed by atoms with Gasteiger partial charge in [0.15, 0.2) is 17.2 Å². The van der Waals surface area contributed by atoms with Crippen LogP contribution in [0.3, 0.4) is 0 Å². The van der Waals surface area contributed by atoms with Gasteiger partial charge in [0, 0.05) is 24.4 Å². The molecule has 0 spiro atoms. The second-order valence-electron chi connectivity index (χ2n) is 3.69. The Kier molecular flexibility index (Phi) is 3.97. The summed E-state index contributed by atoms with van der Waals surface area (Å²) in [4.78, 5) is 3.93. The van der Waals surface area contributed by atoms with Crippen LogP contribution in [0, 0.1) is 0 Å². The third-order valence-electron chi connectivity index (χ3n) is 2.42. The van der Waals surface area contributed by atoms with Crippen molar-refractivity contribution in [2.45, 2.75) is 0 Å². The molecule has 2 N–H and O–H groups in total. The quantitative estimate of drug-likeness (QED) is 0.872. The molecule has 0 unspecified atom stereocenters. The molecular weight excluding hydrogens is 268 g/mol. The fourth-order valence-corrected chi connectivity index (χ4v) is 1.70. The molecule has 2 rings (SSSR count). The highest BCUT2D eigenvalue weighted by molar-refractivity contribution is 6.30. The summed E-state index contributed by atoms with van der Waals surface area (Å²) >= 11 is 5.84. The van der Waals surface area contributed by atoms with Gasteiger partial charge in [0.05, 0.1) is 31.1 Å². The average Bonchev–Trinajstić information content (AvgIpc) is 2.40. The standard InChI is InChI=1S/C13H13ClN2O3/c1-17-12-4-10(15)11(5-13(12)18-2)19-9-3-8(14)6-16-7-9/h3-7H,15H2,1-2H3. The average molecular weight is 281 g/mol. The van der Waals surface area contributed by atoms with E-state index >= 15 is 0 Å². The normalized spacial score (nSPS) is 10.1. The topological polar surface area (TPSA) is 66.6 Å². The molecule has 0 saturated heterocycles. The van der Waals surface area contributed by atoms with E-state index < -0.39 is 0 Å². The first-order valence-electron chi connectivity index (χ1n) is 5.44. The van der Waals surface area contributed by atoms with Crippen LogP contribution in [0.2, 0.25) is 5.02 Å². The van der Waals surface area contributed by atoms with Crippen molar-refractivity contribution in [3.63, 3.8) is 0 Å². The lowest BCUT2D eigenvalue weighted by atomic mass is 10.2. The Balaban J connectivity index is 2.35. The van der Waals surface area contributed by atoms with Gasteiger partial charge in [-0.25, -0.2) is 0 Å². The predicted octanol–water partition coefficient (Wildman–Crippen LogP) is 3.13.